The Bertz CT molecular complexity index is 983. The molecule has 4 rings (SSSR count). The summed E-state index contributed by atoms with van der Waals surface area (Å²) in [6.07, 6.45) is 0.208. The standard InChI is InChI=1S/C20H19BrN4O2/c1-12(19-23-15-7-3-4-8-16(15)24-19)22-20(27)13-10-18(26)25(11-13)17-9-5-2-6-14(17)21/h2-9,12-13H,10-11H2,1H3,(H,22,27)(H,23,24)/t12-,13+/m0/s1. The first-order valence-corrected chi connectivity index (χ1v) is 9.62. The summed E-state index contributed by atoms with van der Waals surface area (Å²) in [6, 6.07) is 15.0. The first-order valence-electron chi connectivity index (χ1n) is 8.83. The number of fused-ring (bicyclic) bond motifs is 1. The van der Waals surface area contributed by atoms with Crippen LogP contribution in [0.1, 0.15) is 25.2 Å². The lowest BCUT2D eigenvalue weighted by molar-refractivity contribution is -0.126. The van der Waals surface area contributed by atoms with Gasteiger partial charge >= 0.3 is 0 Å². The molecule has 1 saturated heterocycles. The van der Waals surface area contributed by atoms with Gasteiger partial charge in [0.15, 0.2) is 0 Å². The van der Waals surface area contributed by atoms with Gasteiger partial charge in [0, 0.05) is 17.4 Å². The van der Waals surface area contributed by atoms with Crippen molar-refractivity contribution in [3.8, 4) is 0 Å². The fraction of sp³-hybridized carbons (Fsp3) is 0.250. The second kappa shape index (κ2) is 7.15. The minimum atomic E-state index is -0.378. The van der Waals surface area contributed by atoms with Crippen molar-refractivity contribution in [3.05, 3.63) is 58.8 Å². The third-order valence-corrected chi connectivity index (χ3v) is 5.49. The number of aromatic nitrogens is 2. The minimum absolute atomic E-state index is 0.0431. The Kier molecular flexibility index (Phi) is 4.70. The van der Waals surface area contributed by atoms with E-state index >= 15 is 0 Å². The van der Waals surface area contributed by atoms with Crippen molar-refractivity contribution in [2.75, 3.05) is 11.4 Å². The molecule has 27 heavy (non-hydrogen) atoms. The van der Waals surface area contributed by atoms with E-state index < -0.39 is 0 Å². The molecular formula is C20H19BrN4O2. The maximum Gasteiger partial charge on any atom is 0.227 e. The van der Waals surface area contributed by atoms with Gasteiger partial charge in [0.2, 0.25) is 11.8 Å². The van der Waals surface area contributed by atoms with Gasteiger partial charge in [-0.25, -0.2) is 4.98 Å². The normalized spacial score (nSPS) is 18.1. The van der Waals surface area contributed by atoms with E-state index in [-0.39, 0.29) is 30.2 Å². The maximum absolute atomic E-state index is 12.7. The van der Waals surface area contributed by atoms with Crippen LogP contribution in [0.5, 0.6) is 0 Å². The molecule has 6 nitrogen and oxygen atoms in total. The predicted molar refractivity (Wildman–Crippen MR) is 107 cm³/mol. The smallest absolute Gasteiger partial charge is 0.227 e. The highest BCUT2D eigenvalue weighted by atomic mass is 79.9. The SMILES string of the molecule is C[C@H](NC(=O)[C@@H]1CC(=O)N(c2ccccc2Br)C1)c1nc2ccccc2[nH]1. The Morgan fingerprint density at radius 2 is 2.00 bits per heavy atom. The van der Waals surface area contributed by atoms with E-state index in [0.717, 1.165) is 21.2 Å². The number of para-hydroxylation sites is 3. The van der Waals surface area contributed by atoms with Gasteiger partial charge in [0.25, 0.3) is 0 Å². The van der Waals surface area contributed by atoms with E-state index in [9.17, 15) is 9.59 Å². The summed E-state index contributed by atoms with van der Waals surface area (Å²) < 4.78 is 0.843. The molecule has 0 saturated carbocycles. The summed E-state index contributed by atoms with van der Waals surface area (Å²) in [5.41, 5.74) is 2.60. The second-order valence-electron chi connectivity index (χ2n) is 6.73. The number of hydrogen-bond donors (Lipinski definition) is 2. The summed E-state index contributed by atoms with van der Waals surface area (Å²) in [4.78, 5) is 34.6. The molecule has 1 aliphatic heterocycles. The van der Waals surface area contributed by atoms with Gasteiger partial charge in [-0.05, 0) is 47.1 Å². The Balaban J connectivity index is 1.45. The molecule has 2 amide bonds. The first-order chi connectivity index (χ1) is 13.0. The second-order valence-corrected chi connectivity index (χ2v) is 7.58. The number of amides is 2. The lowest BCUT2D eigenvalue weighted by atomic mass is 10.1. The van der Waals surface area contributed by atoms with Gasteiger partial charge in [0.05, 0.1) is 28.7 Å². The predicted octanol–water partition coefficient (Wildman–Crippen LogP) is 3.56. The third-order valence-electron chi connectivity index (χ3n) is 4.82. The molecule has 0 radical (unpaired) electrons. The first kappa shape index (κ1) is 17.7. The topological polar surface area (TPSA) is 78.1 Å². The highest BCUT2D eigenvalue weighted by molar-refractivity contribution is 9.10. The Morgan fingerprint density at radius 1 is 1.26 bits per heavy atom. The molecular weight excluding hydrogens is 408 g/mol. The van der Waals surface area contributed by atoms with Crippen LogP contribution in [-0.2, 0) is 9.59 Å². The number of nitrogens with zero attached hydrogens (tertiary/aromatic N) is 2. The largest absolute Gasteiger partial charge is 0.346 e. The third kappa shape index (κ3) is 3.47. The van der Waals surface area contributed by atoms with E-state index in [1.54, 1.807) is 4.90 Å². The molecule has 0 unspecified atom stereocenters. The molecule has 2 N–H and O–H groups in total. The molecule has 2 aromatic carbocycles. The van der Waals surface area contributed by atoms with Crippen LogP contribution < -0.4 is 10.2 Å². The molecule has 0 bridgehead atoms. The fourth-order valence-corrected chi connectivity index (χ4v) is 3.86. The van der Waals surface area contributed by atoms with Crippen molar-refractivity contribution in [1.82, 2.24) is 15.3 Å². The average Bonchev–Trinajstić information content (AvgIpc) is 3.26. The molecule has 138 valence electrons. The van der Waals surface area contributed by atoms with Crippen molar-refractivity contribution in [1.29, 1.82) is 0 Å². The van der Waals surface area contributed by atoms with Crippen LogP contribution in [0.2, 0.25) is 0 Å². The van der Waals surface area contributed by atoms with Crippen molar-refractivity contribution in [3.63, 3.8) is 0 Å². The minimum Gasteiger partial charge on any atom is -0.346 e. The van der Waals surface area contributed by atoms with E-state index in [2.05, 4.69) is 31.2 Å². The van der Waals surface area contributed by atoms with Crippen LogP contribution in [0.3, 0.4) is 0 Å². The number of carbonyl (C=O) groups excluding carboxylic acids is 2. The summed E-state index contributed by atoms with van der Waals surface area (Å²) in [6.45, 7) is 2.26. The molecule has 7 heteroatoms. The van der Waals surface area contributed by atoms with Gasteiger partial charge < -0.3 is 15.2 Å². The maximum atomic E-state index is 12.7. The quantitative estimate of drug-likeness (QED) is 0.669. The number of benzene rings is 2. The van der Waals surface area contributed by atoms with Crippen LogP contribution in [-0.4, -0.2) is 28.3 Å². The molecule has 2 atom stereocenters. The van der Waals surface area contributed by atoms with Gasteiger partial charge in [-0.3, -0.25) is 9.59 Å². The lowest BCUT2D eigenvalue weighted by Gasteiger charge is -2.19. The zero-order valence-electron chi connectivity index (χ0n) is 14.8. The molecule has 0 spiro atoms. The van der Waals surface area contributed by atoms with Crippen molar-refractivity contribution >= 4 is 44.5 Å². The number of halogens is 1. The molecule has 1 aromatic heterocycles. The van der Waals surface area contributed by atoms with Crippen molar-refractivity contribution in [2.45, 2.75) is 19.4 Å². The summed E-state index contributed by atoms with van der Waals surface area (Å²) >= 11 is 3.47. The number of anilines is 1. The number of H-pyrrole nitrogens is 1. The van der Waals surface area contributed by atoms with E-state index in [1.807, 2.05) is 55.5 Å². The lowest BCUT2D eigenvalue weighted by Crippen LogP contribution is -2.35. The van der Waals surface area contributed by atoms with E-state index in [4.69, 9.17) is 0 Å². The summed E-state index contributed by atoms with van der Waals surface area (Å²) in [5.74, 6) is 0.150. The van der Waals surface area contributed by atoms with Crippen LogP contribution in [0.25, 0.3) is 11.0 Å². The number of rotatable bonds is 4. The zero-order chi connectivity index (χ0) is 19.0. The summed E-state index contributed by atoms with van der Waals surface area (Å²) in [5, 5.41) is 2.98. The highest BCUT2D eigenvalue weighted by Gasteiger charge is 2.36. The number of nitrogens with one attached hydrogen (secondary N) is 2. The zero-order valence-corrected chi connectivity index (χ0v) is 16.4. The van der Waals surface area contributed by atoms with Crippen molar-refractivity contribution < 1.29 is 9.59 Å². The van der Waals surface area contributed by atoms with Crippen LogP contribution in [0, 0.1) is 5.92 Å². The van der Waals surface area contributed by atoms with E-state index in [1.165, 1.54) is 0 Å². The van der Waals surface area contributed by atoms with Crippen molar-refractivity contribution in [2.24, 2.45) is 5.92 Å². The monoisotopic (exact) mass is 426 g/mol. The fourth-order valence-electron chi connectivity index (χ4n) is 3.36. The van der Waals surface area contributed by atoms with Gasteiger partial charge in [0.1, 0.15) is 5.82 Å². The molecule has 1 aliphatic rings. The molecule has 0 aliphatic carbocycles. The van der Waals surface area contributed by atoms with Crippen LogP contribution in [0.15, 0.2) is 53.0 Å². The number of hydrogen-bond acceptors (Lipinski definition) is 3. The van der Waals surface area contributed by atoms with Crippen LogP contribution >= 0.6 is 15.9 Å². The molecule has 3 aromatic rings. The van der Waals surface area contributed by atoms with Crippen LogP contribution in [0.4, 0.5) is 5.69 Å². The highest BCUT2D eigenvalue weighted by Crippen LogP contribution is 2.31. The Labute approximate surface area is 165 Å². The van der Waals surface area contributed by atoms with E-state index in [0.29, 0.717) is 12.4 Å². The van der Waals surface area contributed by atoms with Gasteiger partial charge in [-0.2, -0.15) is 0 Å². The number of aromatic amines is 1. The molecule has 1 fully saturated rings. The van der Waals surface area contributed by atoms with Gasteiger partial charge in [-0.15, -0.1) is 0 Å². The van der Waals surface area contributed by atoms with Gasteiger partial charge in [-0.1, -0.05) is 24.3 Å². The Hall–Kier alpha value is -2.67. The average molecular weight is 427 g/mol. The Morgan fingerprint density at radius 3 is 2.78 bits per heavy atom. The number of imidazole rings is 1. The number of carbonyl (C=O) groups is 2. The summed E-state index contributed by atoms with van der Waals surface area (Å²) in [7, 11) is 0. The molecule has 2 heterocycles.